The first-order valence-electron chi connectivity index (χ1n) is 9.20. The molecule has 1 heterocycles. The Kier molecular flexibility index (Phi) is 6.84. The van der Waals surface area contributed by atoms with Crippen LogP contribution in [0, 0.1) is 6.92 Å². The zero-order valence-electron chi connectivity index (χ0n) is 17.2. The highest BCUT2D eigenvalue weighted by molar-refractivity contribution is 7.89. The number of carbonyl (C=O) groups is 2. The second kappa shape index (κ2) is 9.38. The van der Waals surface area contributed by atoms with Crippen molar-refractivity contribution in [2.45, 2.75) is 11.8 Å². The number of rotatable bonds is 7. The van der Waals surface area contributed by atoms with Crippen molar-refractivity contribution in [1.82, 2.24) is 9.29 Å². The smallest absolute Gasteiger partial charge is 0.331 e. The standard InChI is InChI=1S/C21H21N3O5S2/c1-14-8-9-15(12-18(14)31(27,28)24(2)3)22-19(25)13-29-21(26)11-10-20-23-16-6-4-5-7-17(16)30-20/h4-12H,13H2,1-3H3,(H,22,25)/b11-10+. The Labute approximate surface area is 184 Å². The number of carbonyl (C=O) groups excluding carboxylic acids is 2. The maximum absolute atomic E-state index is 12.4. The Hall–Kier alpha value is -3.08. The van der Waals surface area contributed by atoms with Crippen LogP contribution in [0.15, 0.2) is 53.4 Å². The second-order valence-corrected chi connectivity index (χ2v) is 9.96. The van der Waals surface area contributed by atoms with Crippen LogP contribution in [0.25, 0.3) is 16.3 Å². The molecular formula is C21H21N3O5S2. The van der Waals surface area contributed by atoms with E-state index >= 15 is 0 Å². The van der Waals surface area contributed by atoms with Gasteiger partial charge >= 0.3 is 5.97 Å². The quantitative estimate of drug-likeness (QED) is 0.430. The van der Waals surface area contributed by atoms with Crippen LogP contribution in [0.4, 0.5) is 5.69 Å². The number of anilines is 1. The SMILES string of the molecule is Cc1ccc(NC(=O)COC(=O)/C=C/c2nc3ccccc3s2)cc1S(=O)(=O)N(C)C. The van der Waals surface area contributed by atoms with Gasteiger partial charge in [-0.15, -0.1) is 11.3 Å². The van der Waals surface area contributed by atoms with E-state index in [1.165, 1.54) is 43.7 Å². The minimum Gasteiger partial charge on any atom is -0.452 e. The highest BCUT2D eigenvalue weighted by atomic mass is 32.2. The third kappa shape index (κ3) is 5.54. The lowest BCUT2D eigenvalue weighted by molar-refractivity contribution is -0.142. The molecule has 1 aromatic heterocycles. The van der Waals surface area contributed by atoms with Crippen LogP contribution in [0.5, 0.6) is 0 Å². The molecular weight excluding hydrogens is 438 g/mol. The van der Waals surface area contributed by atoms with Crippen LogP contribution in [0.2, 0.25) is 0 Å². The molecule has 0 aliphatic rings. The van der Waals surface area contributed by atoms with Gasteiger partial charge in [0.1, 0.15) is 5.01 Å². The highest BCUT2D eigenvalue weighted by Crippen LogP contribution is 2.23. The van der Waals surface area contributed by atoms with Crippen molar-refractivity contribution in [3.63, 3.8) is 0 Å². The zero-order chi connectivity index (χ0) is 22.6. The number of nitrogens with one attached hydrogen (secondary N) is 1. The lowest BCUT2D eigenvalue weighted by atomic mass is 10.2. The maximum atomic E-state index is 12.4. The van der Waals surface area contributed by atoms with Gasteiger partial charge in [-0.25, -0.2) is 22.5 Å². The van der Waals surface area contributed by atoms with Gasteiger partial charge in [0.2, 0.25) is 10.0 Å². The van der Waals surface area contributed by atoms with E-state index in [-0.39, 0.29) is 10.6 Å². The number of nitrogens with zero attached hydrogens (tertiary/aromatic N) is 2. The monoisotopic (exact) mass is 459 g/mol. The minimum atomic E-state index is -3.65. The number of hydrogen-bond acceptors (Lipinski definition) is 7. The Morgan fingerprint density at radius 3 is 2.65 bits per heavy atom. The summed E-state index contributed by atoms with van der Waals surface area (Å²) in [6.07, 6.45) is 2.74. The van der Waals surface area contributed by atoms with Crippen molar-refractivity contribution in [3.05, 3.63) is 59.1 Å². The van der Waals surface area contributed by atoms with Gasteiger partial charge in [0.05, 0.1) is 15.1 Å². The minimum absolute atomic E-state index is 0.0889. The molecule has 2 aromatic carbocycles. The summed E-state index contributed by atoms with van der Waals surface area (Å²) >= 11 is 1.43. The van der Waals surface area contributed by atoms with Crippen LogP contribution in [-0.2, 0) is 24.3 Å². The number of benzene rings is 2. The lowest BCUT2D eigenvalue weighted by Crippen LogP contribution is -2.24. The summed E-state index contributed by atoms with van der Waals surface area (Å²) in [6.45, 7) is 1.16. The molecule has 0 saturated heterocycles. The molecule has 0 spiro atoms. The summed E-state index contributed by atoms with van der Waals surface area (Å²) in [5.41, 5.74) is 1.68. The summed E-state index contributed by atoms with van der Waals surface area (Å²) in [7, 11) is -0.789. The van der Waals surface area contributed by atoms with E-state index in [1.54, 1.807) is 19.1 Å². The fourth-order valence-corrected chi connectivity index (χ4v) is 4.65. The fourth-order valence-electron chi connectivity index (χ4n) is 2.63. The highest BCUT2D eigenvalue weighted by Gasteiger charge is 2.20. The Bertz CT molecular complexity index is 1230. The van der Waals surface area contributed by atoms with Crippen molar-refractivity contribution in [3.8, 4) is 0 Å². The van der Waals surface area contributed by atoms with Crippen molar-refractivity contribution in [1.29, 1.82) is 0 Å². The molecule has 0 unspecified atom stereocenters. The summed E-state index contributed by atoms with van der Waals surface area (Å²) in [5.74, 6) is -1.27. The van der Waals surface area contributed by atoms with Crippen LogP contribution >= 0.6 is 11.3 Å². The summed E-state index contributed by atoms with van der Waals surface area (Å²) in [5, 5.41) is 3.18. The molecule has 3 rings (SSSR count). The van der Waals surface area contributed by atoms with Gasteiger partial charge in [-0.2, -0.15) is 0 Å². The van der Waals surface area contributed by atoms with Crippen molar-refractivity contribution < 1.29 is 22.7 Å². The van der Waals surface area contributed by atoms with Crippen molar-refractivity contribution >= 4 is 55.2 Å². The molecule has 1 N–H and O–H groups in total. The molecule has 0 bridgehead atoms. The normalized spacial score (nSPS) is 11.9. The molecule has 0 saturated carbocycles. The maximum Gasteiger partial charge on any atom is 0.331 e. The van der Waals surface area contributed by atoms with E-state index in [2.05, 4.69) is 10.3 Å². The largest absolute Gasteiger partial charge is 0.452 e. The van der Waals surface area contributed by atoms with Crippen molar-refractivity contribution in [2.24, 2.45) is 0 Å². The first-order valence-corrected chi connectivity index (χ1v) is 11.5. The number of aromatic nitrogens is 1. The van der Waals surface area contributed by atoms with Gasteiger partial charge in [-0.1, -0.05) is 18.2 Å². The van der Waals surface area contributed by atoms with Gasteiger partial charge < -0.3 is 10.1 Å². The number of ether oxygens (including phenoxy) is 1. The molecule has 162 valence electrons. The van der Waals surface area contributed by atoms with Gasteiger partial charge in [0, 0.05) is 25.9 Å². The van der Waals surface area contributed by atoms with Gasteiger partial charge in [0.15, 0.2) is 6.61 Å². The van der Waals surface area contributed by atoms with Gasteiger partial charge in [-0.05, 0) is 42.8 Å². The average Bonchev–Trinajstić information content (AvgIpc) is 3.15. The van der Waals surface area contributed by atoms with E-state index in [4.69, 9.17) is 4.74 Å². The van der Waals surface area contributed by atoms with Gasteiger partial charge in [0.25, 0.3) is 5.91 Å². The fraction of sp³-hybridized carbons (Fsp3) is 0.190. The molecule has 31 heavy (non-hydrogen) atoms. The summed E-state index contributed by atoms with van der Waals surface area (Å²) in [4.78, 5) is 28.5. The third-order valence-corrected chi connectivity index (χ3v) is 7.21. The number of fused-ring (bicyclic) bond motifs is 1. The molecule has 3 aromatic rings. The second-order valence-electron chi connectivity index (χ2n) is 6.78. The molecule has 0 atom stereocenters. The van der Waals surface area contributed by atoms with E-state index in [0.717, 1.165) is 14.5 Å². The first-order chi connectivity index (χ1) is 14.7. The van der Waals surface area contributed by atoms with Gasteiger partial charge in [-0.3, -0.25) is 4.79 Å². The number of sulfonamides is 1. The topological polar surface area (TPSA) is 106 Å². The average molecular weight is 460 g/mol. The molecule has 0 fully saturated rings. The number of amides is 1. The molecule has 8 nitrogen and oxygen atoms in total. The van der Waals surface area contributed by atoms with E-state index in [1.807, 2.05) is 24.3 Å². The molecule has 10 heteroatoms. The molecule has 0 aliphatic carbocycles. The molecule has 0 aliphatic heterocycles. The molecule has 0 radical (unpaired) electrons. The Balaban J connectivity index is 1.58. The Morgan fingerprint density at radius 1 is 1.19 bits per heavy atom. The van der Waals surface area contributed by atoms with Crippen LogP contribution in [-0.4, -0.2) is 50.3 Å². The Morgan fingerprint density at radius 2 is 1.94 bits per heavy atom. The third-order valence-electron chi connectivity index (χ3n) is 4.25. The molecule has 1 amide bonds. The summed E-state index contributed by atoms with van der Waals surface area (Å²) in [6, 6.07) is 12.2. The van der Waals surface area contributed by atoms with E-state index in [9.17, 15) is 18.0 Å². The van der Waals surface area contributed by atoms with Crippen LogP contribution < -0.4 is 5.32 Å². The summed E-state index contributed by atoms with van der Waals surface area (Å²) < 4.78 is 31.8. The zero-order valence-corrected chi connectivity index (χ0v) is 18.8. The van der Waals surface area contributed by atoms with Crippen LogP contribution in [0.3, 0.4) is 0 Å². The number of esters is 1. The number of thiazole rings is 1. The number of aryl methyl sites for hydroxylation is 1. The van der Waals surface area contributed by atoms with Crippen molar-refractivity contribution in [2.75, 3.05) is 26.0 Å². The van der Waals surface area contributed by atoms with E-state index in [0.29, 0.717) is 10.6 Å². The predicted molar refractivity (Wildman–Crippen MR) is 120 cm³/mol. The predicted octanol–water partition coefficient (Wildman–Crippen LogP) is 3.05. The van der Waals surface area contributed by atoms with E-state index < -0.39 is 28.5 Å². The first kappa shape index (κ1) is 22.6. The number of para-hydroxylation sites is 1. The number of hydrogen-bond donors (Lipinski definition) is 1. The van der Waals surface area contributed by atoms with Crippen LogP contribution in [0.1, 0.15) is 10.6 Å². The lowest BCUT2D eigenvalue weighted by Gasteiger charge is -2.15.